The van der Waals surface area contributed by atoms with Crippen molar-refractivity contribution in [2.45, 2.75) is 25.2 Å². The Labute approximate surface area is 119 Å². The number of benzene rings is 1. The van der Waals surface area contributed by atoms with Crippen molar-refractivity contribution in [2.75, 3.05) is 13.2 Å². The van der Waals surface area contributed by atoms with E-state index in [9.17, 15) is 15.2 Å². The second kappa shape index (κ2) is 7.06. The molecule has 1 fully saturated rings. The van der Waals surface area contributed by atoms with Crippen molar-refractivity contribution in [3.63, 3.8) is 0 Å². The van der Waals surface area contributed by atoms with Crippen molar-refractivity contribution in [1.82, 2.24) is 5.32 Å². The number of aliphatic hydroxyl groups is 1. The Morgan fingerprint density at radius 1 is 1.35 bits per heavy atom. The van der Waals surface area contributed by atoms with Crippen molar-refractivity contribution in [1.29, 1.82) is 5.26 Å². The summed E-state index contributed by atoms with van der Waals surface area (Å²) in [5.41, 5.74) is 0.720. The normalized spacial score (nSPS) is 23.0. The molecule has 2 N–H and O–H groups in total. The van der Waals surface area contributed by atoms with Crippen molar-refractivity contribution in [3.8, 4) is 6.07 Å². The molecule has 4 nitrogen and oxygen atoms in total. The van der Waals surface area contributed by atoms with Crippen LogP contribution in [-0.4, -0.2) is 24.2 Å². The maximum absolute atomic E-state index is 12.1. The predicted molar refractivity (Wildman–Crippen MR) is 75.7 cm³/mol. The zero-order chi connectivity index (χ0) is 14.4. The summed E-state index contributed by atoms with van der Waals surface area (Å²) in [7, 11) is 0. The number of hydrogen-bond acceptors (Lipinski definition) is 3. The minimum atomic E-state index is -0.759. The highest BCUT2D eigenvalue weighted by molar-refractivity contribution is 5.86. The van der Waals surface area contributed by atoms with Gasteiger partial charge < -0.3 is 10.4 Å². The number of nitrogens with zero attached hydrogens (tertiary/aromatic N) is 1. The summed E-state index contributed by atoms with van der Waals surface area (Å²) in [5.74, 6) is -0.390. The Balaban J connectivity index is 1.92. The van der Waals surface area contributed by atoms with Gasteiger partial charge >= 0.3 is 0 Å². The number of carbonyl (C=O) groups is 1. The van der Waals surface area contributed by atoms with Crippen molar-refractivity contribution < 1.29 is 9.90 Å². The van der Waals surface area contributed by atoms with Gasteiger partial charge in [0.25, 0.3) is 0 Å². The van der Waals surface area contributed by atoms with Crippen LogP contribution in [0.4, 0.5) is 0 Å². The third-order valence-corrected chi connectivity index (χ3v) is 4.11. The zero-order valence-electron chi connectivity index (χ0n) is 11.5. The van der Waals surface area contributed by atoms with Crippen LogP contribution in [0.3, 0.4) is 0 Å². The van der Waals surface area contributed by atoms with Crippen molar-refractivity contribution >= 4 is 5.91 Å². The molecule has 1 aromatic rings. The number of aliphatic hydroxyl groups excluding tert-OH is 1. The smallest absolute Gasteiger partial charge is 0.241 e. The summed E-state index contributed by atoms with van der Waals surface area (Å²) in [6.07, 6.45) is 3.16. The average molecular weight is 272 g/mol. The van der Waals surface area contributed by atoms with E-state index in [2.05, 4.69) is 11.4 Å². The van der Waals surface area contributed by atoms with Crippen LogP contribution in [0.5, 0.6) is 0 Å². The fourth-order valence-corrected chi connectivity index (χ4v) is 2.89. The van der Waals surface area contributed by atoms with E-state index in [1.54, 1.807) is 12.1 Å². The van der Waals surface area contributed by atoms with Gasteiger partial charge in [0.2, 0.25) is 5.91 Å². The van der Waals surface area contributed by atoms with Gasteiger partial charge in [-0.1, -0.05) is 36.8 Å². The molecular weight excluding hydrogens is 252 g/mol. The molecule has 1 aromatic carbocycles. The molecule has 0 radical (unpaired) electrons. The van der Waals surface area contributed by atoms with Crippen LogP contribution in [0, 0.1) is 23.2 Å². The fourth-order valence-electron chi connectivity index (χ4n) is 2.89. The van der Waals surface area contributed by atoms with E-state index in [0.29, 0.717) is 12.5 Å². The standard InChI is InChI=1S/C16H20N2O2/c17-9-15(12-5-2-1-3-6-12)16(20)18-10-13-7-4-8-14(13)11-19/h1-3,5-6,13-15,19H,4,7-8,10-11H2,(H,18,20). The van der Waals surface area contributed by atoms with Crippen LogP contribution in [0.25, 0.3) is 0 Å². The van der Waals surface area contributed by atoms with E-state index in [1.807, 2.05) is 18.2 Å². The van der Waals surface area contributed by atoms with Crippen LogP contribution in [0.1, 0.15) is 30.7 Å². The predicted octanol–water partition coefficient (Wildman–Crippen LogP) is 1.82. The van der Waals surface area contributed by atoms with Gasteiger partial charge in [0.05, 0.1) is 6.07 Å². The monoisotopic (exact) mass is 272 g/mol. The van der Waals surface area contributed by atoms with Crippen LogP contribution < -0.4 is 5.32 Å². The van der Waals surface area contributed by atoms with Gasteiger partial charge in [0.15, 0.2) is 0 Å². The topological polar surface area (TPSA) is 73.1 Å². The van der Waals surface area contributed by atoms with Gasteiger partial charge in [0.1, 0.15) is 5.92 Å². The Morgan fingerprint density at radius 3 is 2.70 bits per heavy atom. The minimum Gasteiger partial charge on any atom is -0.396 e. The van der Waals surface area contributed by atoms with Gasteiger partial charge in [-0.15, -0.1) is 0 Å². The Morgan fingerprint density at radius 2 is 2.05 bits per heavy atom. The van der Waals surface area contributed by atoms with E-state index in [4.69, 9.17) is 0 Å². The van der Waals surface area contributed by atoms with E-state index < -0.39 is 5.92 Å². The highest BCUT2D eigenvalue weighted by Gasteiger charge is 2.28. The summed E-state index contributed by atoms with van der Waals surface area (Å²) >= 11 is 0. The molecule has 20 heavy (non-hydrogen) atoms. The van der Waals surface area contributed by atoms with Crippen molar-refractivity contribution in [2.24, 2.45) is 11.8 Å². The Hall–Kier alpha value is -1.86. The second-order valence-electron chi connectivity index (χ2n) is 5.35. The molecule has 0 saturated heterocycles. The molecule has 4 heteroatoms. The number of nitrogens with one attached hydrogen (secondary N) is 1. The highest BCUT2D eigenvalue weighted by atomic mass is 16.3. The molecule has 2 rings (SSSR count). The van der Waals surface area contributed by atoms with E-state index in [-0.39, 0.29) is 18.4 Å². The first-order valence-corrected chi connectivity index (χ1v) is 7.09. The van der Waals surface area contributed by atoms with Gasteiger partial charge in [-0.05, 0) is 30.2 Å². The number of nitriles is 1. The van der Waals surface area contributed by atoms with Crippen LogP contribution in [0.2, 0.25) is 0 Å². The maximum Gasteiger partial charge on any atom is 0.241 e. The van der Waals surface area contributed by atoms with Crippen LogP contribution >= 0.6 is 0 Å². The first-order chi connectivity index (χ1) is 9.76. The second-order valence-corrected chi connectivity index (χ2v) is 5.35. The van der Waals surface area contributed by atoms with E-state index in [0.717, 1.165) is 24.8 Å². The lowest BCUT2D eigenvalue weighted by atomic mass is 9.96. The number of rotatable bonds is 5. The first-order valence-electron chi connectivity index (χ1n) is 7.09. The molecule has 0 bridgehead atoms. The lowest BCUT2D eigenvalue weighted by Crippen LogP contribution is -2.34. The molecular formula is C16H20N2O2. The molecule has 1 aliphatic rings. The molecule has 0 spiro atoms. The average Bonchev–Trinajstić information content (AvgIpc) is 2.94. The van der Waals surface area contributed by atoms with Gasteiger partial charge in [-0.2, -0.15) is 5.26 Å². The van der Waals surface area contributed by atoms with E-state index in [1.165, 1.54) is 0 Å². The van der Waals surface area contributed by atoms with Crippen LogP contribution in [0.15, 0.2) is 30.3 Å². The molecule has 1 saturated carbocycles. The maximum atomic E-state index is 12.1. The minimum absolute atomic E-state index is 0.181. The summed E-state index contributed by atoms with van der Waals surface area (Å²) in [5, 5.41) is 21.3. The van der Waals surface area contributed by atoms with Gasteiger partial charge in [0, 0.05) is 13.2 Å². The van der Waals surface area contributed by atoms with Gasteiger partial charge in [-0.3, -0.25) is 4.79 Å². The number of amides is 1. The highest BCUT2D eigenvalue weighted by Crippen LogP contribution is 2.30. The summed E-state index contributed by atoms with van der Waals surface area (Å²) in [4.78, 5) is 12.1. The fraction of sp³-hybridized carbons (Fsp3) is 0.500. The zero-order valence-corrected chi connectivity index (χ0v) is 11.5. The molecule has 0 heterocycles. The quantitative estimate of drug-likeness (QED) is 0.858. The summed E-state index contributed by atoms with van der Waals surface area (Å²) in [6.45, 7) is 0.732. The summed E-state index contributed by atoms with van der Waals surface area (Å²) < 4.78 is 0. The molecule has 106 valence electrons. The van der Waals surface area contributed by atoms with E-state index >= 15 is 0 Å². The molecule has 3 atom stereocenters. The third kappa shape index (κ3) is 3.37. The molecule has 1 amide bonds. The molecule has 3 unspecified atom stereocenters. The molecule has 0 aliphatic heterocycles. The van der Waals surface area contributed by atoms with Gasteiger partial charge in [-0.25, -0.2) is 0 Å². The molecule has 1 aliphatic carbocycles. The SMILES string of the molecule is N#CC(C(=O)NCC1CCCC1CO)c1ccccc1. The number of carbonyl (C=O) groups excluding carboxylic acids is 1. The number of hydrogen-bond donors (Lipinski definition) is 2. The lowest BCUT2D eigenvalue weighted by Gasteiger charge is -2.19. The lowest BCUT2D eigenvalue weighted by molar-refractivity contribution is -0.121. The van der Waals surface area contributed by atoms with Crippen LogP contribution in [-0.2, 0) is 4.79 Å². The largest absolute Gasteiger partial charge is 0.396 e. The Kier molecular flexibility index (Phi) is 5.14. The third-order valence-electron chi connectivity index (χ3n) is 4.11. The Bertz CT molecular complexity index is 481. The first kappa shape index (κ1) is 14.5. The van der Waals surface area contributed by atoms with Crippen molar-refractivity contribution in [3.05, 3.63) is 35.9 Å². The summed E-state index contributed by atoms with van der Waals surface area (Å²) in [6, 6.07) is 11.2. The molecule has 0 aromatic heterocycles.